The molecule has 222 valence electrons. The van der Waals surface area contributed by atoms with Crippen LogP contribution in [0.25, 0.3) is 11.1 Å². The number of hydrogen-bond acceptors (Lipinski definition) is 8. The maximum absolute atomic E-state index is 13.7. The van der Waals surface area contributed by atoms with E-state index in [2.05, 4.69) is 5.48 Å². The molecule has 3 aromatic carbocycles. The third-order valence-electron chi connectivity index (χ3n) is 6.68. The number of carbonyl (C=O) groups is 2. The maximum atomic E-state index is 13.7. The van der Waals surface area contributed by atoms with Gasteiger partial charge in [0.2, 0.25) is 5.90 Å². The minimum Gasteiger partial charge on any atom is -0.494 e. The Morgan fingerprint density at radius 1 is 0.952 bits per heavy atom. The molecule has 3 aromatic rings. The fourth-order valence-corrected chi connectivity index (χ4v) is 4.72. The van der Waals surface area contributed by atoms with E-state index in [1.54, 1.807) is 45.0 Å². The quantitative estimate of drug-likeness (QED) is 0.174. The summed E-state index contributed by atoms with van der Waals surface area (Å²) in [6.07, 6.45) is -0.369. The van der Waals surface area contributed by atoms with Gasteiger partial charge in [0.25, 0.3) is 5.91 Å². The van der Waals surface area contributed by atoms with E-state index in [4.69, 9.17) is 29.1 Å². The van der Waals surface area contributed by atoms with Crippen molar-refractivity contribution >= 4 is 17.8 Å². The number of aliphatic imine (C=N–C) groups is 1. The number of rotatable bonds is 12. The van der Waals surface area contributed by atoms with Crippen LogP contribution in [-0.4, -0.2) is 54.3 Å². The first-order valence-electron chi connectivity index (χ1n) is 14.0. The Kier molecular flexibility index (Phi) is 9.98. The number of carbonyl (C=O) groups excluding carboxylic acids is 2. The number of hydrogen-bond donors (Lipinski definition) is 2. The van der Waals surface area contributed by atoms with E-state index in [1.807, 2.05) is 54.6 Å². The summed E-state index contributed by atoms with van der Waals surface area (Å²) in [7, 11) is 1.35. The van der Waals surface area contributed by atoms with Crippen molar-refractivity contribution in [1.82, 2.24) is 5.48 Å². The summed E-state index contributed by atoms with van der Waals surface area (Å²) >= 11 is 0. The largest absolute Gasteiger partial charge is 0.494 e. The normalized spacial score (nSPS) is 18.1. The first-order valence-corrected chi connectivity index (χ1v) is 14.0. The van der Waals surface area contributed by atoms with E-state index in [-0.39, 0.29) is 25.3 Å². The van der Waals surface area contributed by atoms with E-state index >= 15 is 0 Å². The molecule has 0 saturated heterocycles. The van der Waals surface area contributed by atoms with Gasteiger partial charge in [0.15, 0.2) is 11.6 Å². The number of hydroxylamine groups is 1. The van der Waals surface area contributed by atoms with Crippen LogP contribution in [0.1, 0.15) is 57.3 Å². The van der Waals surface area contributed by atoms with E-state index < -0.39 is 29.1 Å². The lowest BCUT2D eigenvalue weighted by Gasteiger charge is -2.30. The van der Waals surface area contributed by atoms with Gasteiger partial charge in [-0.25, -0.2) is 10.5 Å². The molecule has 0 aliphatic carbocycles. The van der Waals surface area contributed by atoms with Crippen molar-refractivity contribution < 1.29 is 33.7 Å². The van der Waals surface area contributed by atoms with Gasteiger partial charge in [-0.2, -0.15) is 0 Å². The third kappa shape index (κ3) is 7.54. The van der Waals surface area contributed by atoms with Crippen molar-refractivity contribution in [2.45, 2.75) is 57.3 Å². The fraction of sp³-hybridized carbons (Fsp3) is 0.364. The van der Waals surface area contributed by atoms with Crippen LogP contribution < -0.4 is 10.2 Å². The SMILES string of the molecule is CONC(=O)[C@@]1(CCC(=O)OC(C)(C)C)N=C(c2ccc(OCCCO)cc2)O[C@H]1c1ccc(-c2ccccc2)cc1. The number of aliphatic hydroxyl groups excluding tert-OH is 1. The zero-order valence-corrected chi connectivity index (χ0v) is 24.5. The number of nitrogens with zero attached hydrogens (tertiary/aromatic N) is 1. The van der Waals surface area contributed by atoms with E-state index in [1.165, 1.54) is 7.11 Å². The van der Waals surface area contributed by atoms with Gasteiger partial charge in [-0.1, -0.05) is 54.6 Å². The van der Waals surface area contributed by atoms with Gasteiger partial charge in [-0.05, 0) is 68.1 Å². The van der Waals surface area contributed by atoms with Crippen molar-refractivity contribution in [3.63, 3.8) is 0 Å². The Labute approximate surface area is 246 Å². The molecule has 0 unspecified atom stereocenters. The van der Waals surface area contributed by atoms with Gasteiger partial charge in [-0.15, -0.1) is 0 Å². The molecule has 2 N–H and O–H groups in total. The summed E-state index contributed by atoms with van der Waals surface area (Å²) in [6, 6.07) is 24.9. The fourth-order valence-electron chi connectivity index (χ4n) is 4.72. The lowest BCUT2D eigenvalue weighted by molar-refractivity contribution is -0.155. The molecule has 0 fully saturated rings. The molecule has 4 rings (SSSR count). The highest BCUT2D eigenvalue weighted by Crippen LogP contribution is 2.44. The molecule has 1 heterocycles. The standard InChI is InChI=1S/C33H38N2O7/c1-32(2,3)42-28(37)19-20-33(31(38)35-39-4)29(25-13-11-24(12-14-25)23-9-6-5-7-10-23)41-30(34-33)26-15-17-27(18-16-26)40-22-8-21-36/h5-7,9-18,29,36H,8,19-22H2,1-4H3,(H,35,38)/t29-,33-/m0/s1. The number of amides is 1. The molecule has 1 amide bonds. The highest BCUT2D eigenvalue weighted by molar-refractivity contribution is 6.01. The van der Waals surface area contributed by atoms with Crippen molar-refractivity contribution in [1.29, 1.82) is 0 Å². The van der Waals surface area contributed by atoms with E-state index in [9.17, 15) is 9.59 Å². The second kappa shape index (κ2) is 13.6. The van der Waals surface area contributed by atoms with Gasteiger partial charge in [-0.3, -0.25) is 14.4 Å². The molecule has 9 nitrogen and oxygen atoms in total. The van der Waals surface area contributed by atoms with Crippen LogP contribution in [0.15, 0.2) is 83.9 Å². The molecule has 42 heavy (non-hydrogen) atoms. The molecule has 9 heteroatoms. The predicted molar refractivity (Wildman–Crippen MR) is 159 cm³/mol. The smallest absolute Gasteiger partial charge is 0.306 e. The molecular weight excluding hydrogens is 536 g/mol. The van der Waals surface area contributed by atoms with Crippen LogP contribution in [-0.2, 0) is 23.9 Å². The molecule has 0 bridgehead atoms. The monoisotopic (exact) mass is 574 g/mol. The number of aliphatic hydroxyl groups is 1. The van der Waals surface area contributed by atoms with Crippen LogP contribution in [0.2, 0.25) is 0 Å². The van der Waals surface area contributed by atoms with Crippen molar-refractivity contribution in [2.24, 2.45) is 4.99 Å². The number of benzene rings is 3. The Morgan fingerprint density at radius 2 is 1.60 bits per heavy atom. The molecule has 0 aromatic heterocycles. The third-order valence-corrected chi connectivity index (χ3v) is 6.68. The number of nitrogens with one attached hydrogen (secondary N) is 1. The van der Waals surface area contributed by atoms with Crippen LogP contribution in [0, 0.1) is 0 Å². The molecular formula is C33H38N2O7. The Hall–Kier alpha value is -4.21. The average Bonchev–Trinajstić information content (AvgIpc) is 3.37. The average molecular weight is 575 g/mol. The first kappa shape index (κ1) is 30.7. The summed E-state index contributed by atoms with van der Waals surface area (Å²) in [4.78, 5) is 36.3. The maximum Gasteiger partial charge on any atom is 0.306 e. The van der Waals surface area contributed by atoms with Crippen molar-refractivity contribution in [3.05, 3.63) is 90.0 Å². The van der Waals surface area contributed by atoms with E-state index in [0.29, 0.717) is 29.9 Å². The molecule has 0 radical (unpaired) electrons. The molecule has 1 aliphatic rings. The Balaban J connectivity index is 1.70. The van der Waals surface area contributed by atoms with Gasteiger partial charge in [0, 0.05) is 25.0 Å². The highest BCUT2D eigenvalue weighted by Gasteiger charge is 2.53. The van der Waals surface area contributed by atoms with Gasteiger partial charge in [0.1, 0.15) is 11.4 Å². The van der Waals surface area contributed by atoms with Gasteiger partial charge >= 0.3 is 5.97 Å². The zero-order valence-electron chi connectivity index (χ0n) is 24.5. The lowest BCUT2D eigenvalue weighted by atomic mass is 9.83. The number of esters is 1. The molecule has 2 atom stereocenters. The highest BCUT2D eigenvalue weighted by atomic mass is 16.6. The van der Waals surface area contributed by atoms with Crippen molar-refractivity contribution in [3.8, 4) is 16.9 Å². The minimum absolute atomic E-state index is 0.0219. The second-order valence-corrected chi connectivity index (χ2v) is 11.0. The Bertz CT molecular complexity index is 1370. The van der Waals surface area contributed by atoms with Crippen LogP contribution >= 0.6 is 0 Å². The first-order chi connectivity index (χ1) is 20.1. The Morgan fingerprint density at radius 3 is 2.21 bits per heavy atom. The number of ether oxygens (including phenoxy) is 3. The lowest BCUT2D eigenvalue weighted by Crippen LogP contribution is -2.48. The summed E-state index contributed by atoms with van der Waals surface area (Å²) < 4.78 is 17.6. The van der Waals surface area contributed by atoms with Crippen LogP contribution in [0.5, 0.6) is 5.75 Å². The van der Waals surface area contributed by atoms with Gasteiger partial charge < -0.3 is 19.3 Å². The molecule has 0 saturated carbocycles. The summed E-state index contributed by atoms with van der Waals surface area (Å²) in [6.45, 7) is 5.81. The van der Waals surface area contributed by atoms with Crippen LogP contribution in [0.4, 0.5) is 0 Å². The molecule has 0 spiro atoms. The molecule has 1 aliphatic heterocycles. The van der Waals surface area contributed by atoms with Crippen LogP contribution in [0.3, 0.4) is 0 Å². The summed E-state index contributed by atoms with van der Waals surface area (Å²) in [5.74, 6) is -0.0976. The van der Waals surface area contributed by atoms with E-state index in [0.717, 1.165) is 11.1 Å². The minimum atomic E-state index is -1.52. The zero-order chi connectivity index (χ0) is 30.2. The van der Waals surface area contributed by atoms with Gasteiger partial charge in [0.05, 0.1) is 13.7 Å². The van der Waals surface area contributed by atoms with Crippen molar-refractivity contribution in [2.75, 3.05) is 20.3 Å². The predicted octanol–water partition coefficient (Wildman–Crippen LogP) is 5.17. The topological polar surface area (TPSA) is 116 Å². The second-order valence-electron chi connectivity index (χ2n) is 11.0. The summed E-state index contributed by atoms with van der Waals surface area (Å²) in [5.41, 5.74) is 3.66. The summed E-state index contributed by atoms with van der Waals surface area (Å²) in [5, 5.41) is 9.01.